The van der Waals surface area contributed by atoms with Gasteiger partial charge in [0.05, 0.1) is 18.2 Å². The van der Waals surface area contributed by atoms with Gasteiger partial charge in [-0.1, -0.05) is 0 Å². The molecule has 7 nitrogen and oxygen atoms in total. The summed E-state index contributed by atoms with van der Waals surface area (Å²) in [6.45, 7) is 5.97. The molecule has 0 aliphatic carbocycles. The number of aryl methyl sites for hydroxylation is 1. The van der Waals surface area contributed by atoms with E-state index in [2.05, 4.69) is 0 Å². The van der Waals surface area contributed by atoms with E-state index in [1.54, 1.807) is 13.2 Å². The highest BCUT2D eigenvalue weighted by Crippen LogP contribution is 2.21. The van der Waals surface area contributed by atoms with Gasteiger partial charge in [0.15, 0.2) is 19.0 Å². The molecule has 0 N–H and O–H groups in total. The van der Waals surface area contributed by atoms with Crippen molar-refractivity contribution in [3.05, 3.63) is 58.3 Å². The number of aromatic nitrogens is 2. The van der Waals surface area contributed by atoms with Crippen LogP contribution in [0.3, 0.4) is 0 Å². The molecule has 25 heavy (non-hydrogen) atoms. The van der Waals surface area contributed by atoms with Crippen LogP contribution < -0.4 is 4.73 Å². The number of ether oxygens (including phenoxy) is 2. The van der Waals surface area contributed by atoms with Crippen LogP contribution in [-0.2, 0) is 9.47 Å². The zero-order chi connectivity index (χ0) is 18.6. The van der Waals surface area contributed by atoms with Crippen LogP contribution >= 0.6 is 0 Å². The molecule has 1 atom stereocenters. The molecule has 0 aliphatic rings. The molecular weight excluding hydrogens is 324 g/mol. The minimum absolute atomic E-state index is 0.0946. The second-order valence-corrected chi connectivity index (χ2v) is 5.91. The average molecular weight is 346 g/mol. The van der Waals surface area contributed by atoms with Crippen molar-refractivity contribution in [2.24, 2.45) is 0 Å². The summed E-state index contributed by atoms with van der Waals surface area (Å²) in [4.78, 5) is 24.4. The molecule has 2 aromatic rings. The second-order valence-electron chi connectivity index (χ2n) is 5.91. The molecule has 0 aromatic carbocycles. The summed E-state index contributed by atoms with van der Waals surface area (Å²) in [6, 6.07) is 4.58. The molecule has 0 bridgehead atoms. The first-order valence-corrected chi connectivity index (χ1v) is 7.91. The summed E-state index contributed by atoms with van der Waals surface area (Å²) >= 11 is 0. The first-order chi connectivity index (χ1) is 11.8. The lowest BCUT2D eigenvalue weighted by molar-refractivity contribution is -0.605. The number of esters is 1. The summed E-state index contributed by atoms with van der Waals surface area (Å²) in [5, 5.41) is 11.0. The van der Waals surface area contributed by atoms with E-state index in [4.69, 9.17) is 9.47 Å². The van der Waals surface area contributed by atoms with Gasteiger partial charge in [0.25, 0.3) is 0 Å². The maximum absolute atomic E-state index is 12.4. The number of rotatable bonds is 7. The van der Waals surface area contributed by atoms with Gasteiger partial charge in [-0.3, -0.25) is 4.79 Å². The van der Waals surface area contributed by atoms with E-state index in [0.717, 1.165) is 11.4 Å². The van der Waals surface area contributed by atoms with Crippen molar-refractivity contribution < 1.29 is 23.8 Å². The molecule has 0 fully saturated rings. The Morgan fingerprint density at radius 2 is 1.92 bits per heavy atom. The Hall–Kier alpha value is -2.67. The largest absolute Gasteiger partial charge is 0.619 e. The van der Waals surface area contributed by atoms with E-state index in [1.165, 1.54) is 24.5 Å². The molecule has 0 radical (unpaired) electrons. The molecular formula is C18H22N2O5. The quantitative estimate of drug-likeness (QED) is 0.331. The van der Waals surface area contributed by atoms with Crippen molar-refractivity contribution in [1.29, 1.82) is 0 Å². The predicted molar refractivity (Wildman–Crippen MR) is 90.5 cm³/mol. The Morgan fingerprint density at radius 1 is 1.28 bits per heavy atom. The van der Waals surface area contributed by atoms with Gasteiger partial charge in [-0.05, 0) is 26.8 Å². The summed E-state index contributed by atoms with van der Waals surface area (Å²) in [5.41, 5.74) is 2.51. The standard InChI is InChI=1S/C18H22N2O5/c1-12-9-16(14(3)20(12)13(2)10-24-4)17(21)11-25-18(22)15-5-7-19(23)8-6-15/h5-9,13H,10-11H2,1-4H3/t13-/m0/s1. The topological polar surface area (TPSA) is 84.5 Å². The number of pyridine rings is 1. The Labute approximate surface area is 146 Å². The monoisotopic (exact) mass is 346 g/mol. The van der Waals surface area contributed by atoms with Crippen molar-refractivity contribution in [1.82, 2.24) is 4.57 Å². The molecule has 0 amide bonds. The Bertz CT molecular complexity index is 765. The summed E-state index contributed by atoms with van der Waals surface area (Å²) in [7, 11) is 1.63. The minimum Gasteiger partial charge on any atom is -0.619 e. The van der Waals surface area contributed by atoms with E-state index in [0.29, 0.717) is 16.9 Å². The van der Waals surface area contributed by atoms with Crippen LogP contribution in [0.15, 0.2) is 30.6 Å². The van der Waals surface area contributed by atoms with Crippen LogP contribution in [0.2, 0.25) is 0 Å². The summed E-state index contributed by atoms with van der Waals surface area (Å²) < 4.78 is 12.8. The number of ketones is 1. The third kappa shape index (κ3) is 4.24. The SMILES string of the molecule is COC[C@H](C)n1c(C)cc(C(=O)COC(=O)c2cc[n+]([O-])cc2)c1C. The number of carbonyl (C=O) groups excluding carboxylic acids is 2. The molecule has 134 valence electrons. The van der Waals surface area contributed by atoms with Crippen LogP contribution in [0.4, 0.5) is 0 Å². The van der Waals surface area contributed by atoms with Crippen LogP contribution in [0.5, 0.6) is 0 Å². The Morgan fingerprint density at radius 3 is 2.52 bits per heavy atom. The van der Waals surface area contributed by atoms with Gasteiger partial charge in [0.2, 0.25) is 5.78 Å². The number of hydrogen-bond donors (Lipinski definition) is 0. The maximum Gasteiger partial charge on any atom is 0.339 e. The highest BCUT2D eigenvalue weighted by atomic mass is 16.5. The average Bonchev–Trinajstić information content (AvgIpc) is 2.88. The smallest absolute Gasteiger partial charge is 0.339 e. The maximum atomic E-state index is 12.4. The Balaban J connectivity index is 2.07. The molecule has 2 heterocycles. The van der Waals surface area contributed by atoms with Gasteiger partial charge >= 0.3 is 5.97 Å². The second kappa shape index (κ2) is 7.94. The van der Waals surface area contributed by atoms with Crippen LogP contribution in [0.1, 0.15) is 45.1 Å². The number of methoxy groups -OCH3 is 1. The van der Waals surface area contributed by atoms with Crippen molar-refractivity contribution in [2.75, 3.05) is 20.3 Å². The lowest BCUT2D eigenvalue weighted by Crippen LogP contribution is -2.24. The summed E-state index contributed by atoms with van der Waals surface area (Å²) in [6.07, 6.45) is 2.40. The van der Waals surface area contributed by atoms with Gasteiger partial charge in [0.1, 0.15) is 0 Å². The molecule has 0 saturated heterocycles. The van der Waals surface area contributed by atoms with Gasteiger partial charge in [0, 0.05) is 36.2 Å². The highest BCUT2D eigenvalue weighted by molar-refractivity contribution is 6.00. The number of carbonyl (C=O) groups is 2. The van der Waals surface area contributed by atoms with Gasteiger partial charge in [-0.15, -0.1) is 0 Å². The van der Waals surface area contributed by atoms with Crippen molar-refractivity contribution in [3.63, 3.8) is 0 Å². The van der Waals surface area contributed by atoms with Crippen molar-refractivity contribution in [2.45, 2.75) is 26.8 Å². The fourth-order valence-electron chi connectivity index (χ4n) is 2.89. The van der Waals surface area contributed by atoms with Gasteiger partial charge in [-0.2, -0.15) is 4.73 Å². The highest BCUT2D eigenvalue weighted by Gasteiger charge is 2.20. The zero-order valence-electron chi connectivity index (χ0n) is 14.8. The first-order valence-electron chi connectivity index (χ1n) is 7.91. The first kappa shape index (κ1) is 18.7. The van der Waals surface area contributed by atoms with E-state index in [1.807, 2.05) is 25.3 Å². The molecule has 2 rings (SSSR count). The van der Waals surface area contributed by atoms with Crippen LogP contribution in [0, 0.1) is 19.1 Å². The van der Waals surface area contributed by atoms with Crippen molar-refractivity contribution in [3.8, 4) is 0 Å². The number of nitrogens with zero attached hydrogens (tertiary/aromatic N) is 2. The normalized spacial score (nSPS) is 12.0. The van der Waals surface area contributed by atoms with Crippen LogP contribution in [0.25, 0.3) is 0 Å². The minimum atomic E-state index is -0.643. The third-order valence-electron chi connectivity index (χ3n) is 4.01. The molecule has 0 aliphatic heterocycles. The third-order valence-corrected chi connectivity index (χ3v) is 4.01. The summed E-state index contributed by atoms with van der Waals surface area (Å²) in [5.74, 6) is -0.914. The van der Waals surface area contributed by atoms with Crippen LogP contribution in [-0.4, -0.2) is 36.6 Å². The molecule has 0 saturated carbocycles. The van der Waals surface area contributed by atoms with E-state index < -0.39 is 5.97 Å². The number of hydrogen-bond acceptors (Lipinski definition) is 5. The molecule has 0 unspecified atom stereocenters. The molecule has 0 spiro atoms. The van der Waals surface area contributed by atoms with E-state index in [9.17, 15) is 14.8 Å². The zero-order valence-corrected chi connectivity index (χ0v) is 14.8. The lowest BCUT2D eigenvalue weighted by Gasteiger charge is -2.17. The fraction of sp³-hybridized carbons (Fsp3) is 0.389. The van der Waals surface area contributed by atoms with Gasteiger partial charge in [-0.25, -0.2) is 4.79 Å². The predicted octanol–water partition coefficient (Wildman–Crippen LogP) is 1.99. The van der Waals surface area contributed by atoms with E-state index >= 15 is 0 Å². The molecule has 7 heteroatoms. The lowest BCUT2D eigenvalue weighted by atomic mass is 10.1. The number of Topliss-reactive ketones (excluding diaryl/α,β-unsaturated/α-hetero) is 1. The van der Waals surface area contributed by atoms with Gasteiger partial charge < -0.3 is 19.2 Å². The molecule has 2 aromatic heterocycles. The fourth-order valence-corrected chi connectivity index (χ4v) is 2.89. The van der Waals surface area contributed by atoms with Crippen molar-refractivity contribution >= 4 is 11.8 Å². The van der Waals surface area contributed by atoms with E-state index in [-0.39, 0.29) is 24.0 Å². The Kier molecular flexibility index (Phi) is 5.93.